The monoisotopic (exact) mass is 410 g/mol. The van der Waals surface area contributed by atoms with E-state index in [0.717, 1.165) is 17.8 Å². The van der Waals surface area contributed by atoms with Crippen LogP contribution in [0.3, 0.4) is 0 Å². The second-order valence-electron chi connectivity index (χ2n) is 13.4. The van der Waals surface area contributed by atoms with Gasteiger partial charge in [0.1, 0.15) is 0 Å². The van der Waals surface area contributed by atoms with E-state index in [1.807, 2.05) is 11.1 Å². The Labute approximate surface area is 188 Å². The molecule has 0 heterocycles. The summed E-state index contributed by atoms with van der Waals surface area (Å²) >= 11 is 0. The van der Waals surface area contributed by atoms with Crippen molar-refractivity contribution in [1.29, 1.82) is 0 Å². The van der Waals surface area contributed by atoms with Crippen LogP contribution in [0.15, 0.2) is 22.8 Å². The van der Waals surface area contributed by atoms with Gasteiger partial charge >= 0.3 is 0 Å². The molecule has 0 spiro atoms. The van der Waals surface area contributed by atoms with Crippen molar-refractivity contribution in [3.05, 3.63) is 22.8 Å². The van der Waals surface area contributed by atoms with Crippen molar-refractivity contribution in [3.8, 4) is 0 Å². The fraction of sp³-hybridized carbons (Fsp3) is 0.867. The van der Waals surface area contributed by atoms with Crippen LogP contribution in [0.2, 0.25) is 0 Å². The lowest BCUT2D eigenvalue weighted by Crippen LogP contribution is -2.53. The van der Waals surface area contributed by atoms with Crippen LogP contribution in [0.5, 0.6) is 0 Å². The fourth-order valence-corrected chi connectivity index (χ4v) is 9.20. The van der Waals surface area contributed by atoms with Crippen molar-refractivity contribution in [2.45, 2.75) is 126 Å². The Kier molecular flexibility index (Phi) is 5.68. The second kappa shape index (κ2) is 7.52. The van der Waals surface area contributed by atoms with Crippen LogP contribution < -0.4 is 0 Å². The predicted octanol–water partition coefficient (Wildman–Crippen LogP) is 9.51. The normalized spacial score (nSPS) is 44.9. The van der Waals surface area contributed by atoms with E-state index < -0.39 is 0 Å². The van der Waals surface area contributed by atoms with E-state index >= 15 is 0 Å². The van der Waals surface area contributed by atoms with E-state index in [0.29, 0.717) is 21.7 Å². The topological polar surface area (TPSA) is 0 Å². The Balaban J connectivity index is 1.62. The van der Waals surface area contributed by atoms with Gasteiger partial charge < -0.3 is 0 Å². The zero-order valence-electron chi connectivity index (χ0n) is 21.6. The molecule has 0 radical (unpaired) electrons. The molecule has 0 amide bonds. The summed E-state index contributed by atoms with van der Waals surface area (Å²) < 4.78 is 0. The number of allylic oxidation sites excluding steroid dienone is 4. The molecule has 4 aliphatic carbocycles. The van der Waals surface area contributed by atoms with Crippen molar-refractivity contribution < 1.29 is 0 Å². The van der Waals surface area contributed by atoms with Crippen LogP contribution in [-0.2, 0) is 0 Å². The molecule has 0 aromatic rings. The summed E-state index contributed by atoms with van der Waals surface area (Å²) in [5, 5.41) is 0. The van der Waals surface area contributed by atoms with Gasteiger partial charge in [0.25, 0.3) is 0 Å². The zero-order valence-corrected chi connectivity index (χ0v) is 21.6. The van der Waals surface area contributed by atoms with Crippen LogP contribution in [0.4, 0.5) is 0 Å². The third kappa shape index (κ3) is 3.13. The third-order valence-electron chi connectivity index (χ3n) is 11.8. The molecule has 4 rings (SSSR count). The largest absolute Gasteiger partial charge is 0.0859 e. The van der Waals surface area contributed by atoms with Crippen molar-refractivity contribution in [2.24, 2.45) is 39.4 Å². The van der Waals surface area contributed by atoms with Crippen molar-refractivity contribution in [3.63, 3.8) is 0 Å². The van der Waals surface area contributed by atoms with Gasteiger partial charge in [0, 0.05) is 0 Å². The van der Waals surface area contributed by atoms with Gasteiger partial charge in [-0.1, -0.05) is 64.3 Å². The molecule has 2 saturated carbocycles. The first kappa shape index (κ1) is 22.7. The van der Waals surface area contributed by atoms with Gasteiger partial charge in [0.2, 0.25) is 0 Å². The summed E-state index contributed by atoms with van der Waals surface area (Å²) in [4.78, 5) is 0. The maximum atomic E-state index is 2.71. The van der Waals surface area contributed by atoms with Gasteiger partial charge in [-0.15, -0.1) is 0 Å². The lowest BCUT2D eigenvalue weighted by Gasteiger charge is -2.62. The van der Waals surface area contributed by atoms with E-state index in [2.05, 4.69) is 61.5 Å². The van der Waals surface area contributed by atoms with Gasteiger partial charge in [-0.2, -0.15) is 0 Å². The summed E-state index contributed by atoms with van der Waals surface area (Å²) in [6.07, 6.45) is 18.1. The van der Waals surface area contributed by atoms with E-state index in [4.69, 9.17) is 0 Å². The van der Waals surface area contributed by atoms with Crippen LogP contribution >= 0.6 is 0 Å². The molecule has 0 aliphatic heterocycles. The molecule has 0 heteroatoms. The quantitative estimate of drug-likeness (QED) is 0.319. The molecule has 0 bridgehead atoms. The average Bonchev–Trinajstić information content (AvgIpc) is 2.94. The number of fused-ring (bicyclic) bond motifs is 4. The van der Waals surface area contributed by atoms with Crippen molar-refractivity contribution in [2.75, 3.05) is 0 Å². The minimum atomic E-state index is 0.475. The highest BCUT2D eigenvalue weighted by Crippen LogP contribution is 2.72. The number of hydrogen-bond acceptors (Lipinski definition) is 0. The van der Waals surface area contributed by atoms with Crippen LogP contribution in [0.1, 0.15) is 126 Å². The Bertz CT molecular complexity index is 731. The lowest BCUT2D eigenvalue weighted by molar-refractivity contribution is -0.0463. The molecular formula is C30H50. The average molecular weight is 411 g/mol. The summed E-state index contributed by atoms with van der Waals surface area (Å²) in [5.74, 6) is 2.70. The molecular weight excluding hydrogens is 360 g/mol. The Hall–Kier alpha value is -0.520. The van der Waals surface area contributed by atoms with Crippen LogP contribution in [0.25, 0.3) is 0 Å². The molecule has 0 saturated heterocycles. The summed E-state index contributed by atoms with van der Waals surface area (Å²) in [5.41, 5.74) is 7.40. The van der Waals surface area contributed by atoms with Gasteiger partial charge in [-0.3, -0.25) is 0 Å². The van der Waals surface area contributed by atoms with Crippen molar-refractivity contribution >= 4 is 0 Å². The van der Waals surface area contributed by atoms with Gasteiger partial charge in [-0.05, 0) is 124 Å². The maximum Gasteiger partial charge on any atom is -0.00569 e. The standard InChI is InChI=1S/C30H50/c1-21(2)11-9-10-12-23-16-19-30(8)25-13-14-26-27(4,5)22(3)15-18-28(26,6)24(25)17-20-29(23,30)7/h11,22-23,26H,9-10,12-20H2,1-8H3. The number of unbranched alkanes of at least 4 members (excludes halogenated alkanes) is 1. The van der Waals surface area contributed by atoms with Crippen LogP contribution in [0, 0.1) is 39.4 Å². The highest BCUT2D eigenvalue weighted by Gasteiger charge is 2.62. The van der Waals surface area contributed by atoms with Crippen LogP contribution in [-0.4, -0.2) is 0 Å². The molecule has 0 nitrogen and oxygen atoms in total. The first-order valence-electron chi connectivity index (χ1n) is 13.3. The Morgan fingerprint density at radius 3 is 2.33 bits per heavy atom. The van der Waals surface area contributed by atoms with Crippen molar-refractivity contribution in [1.82, 2.24) is 0 Å². The first-order chi connectivity index (χ1) is 14.0. The number of rotatable bonds is 4. The highest BCUT2D eigenvalue weighted by molar-refractivity contribution is 5.38. The molecule has 0 aromatic carbocycles. The smallest absolute Gasteiger partial charge is 0.00569 e. The van der Waals surface area contributed by atoms with Gasteiger partial charge in [-0.25, -0.2) is 0 Å². The minimum Gasteiger partial charge on any atom is -0.0859 e. The molecule has 0 N–H and O–H groups in total. The van der Waals surface area contributed by atoms with Gasteiger partial charge in [0.15, 0.2) is 0 Å². The predicted molar refractivity (Wildman–Crippen MR) is 131 cm³/mol. The molecule has 6 unspecified atom stereocenters. The SMILES string of the molecule is CC(C)=CCCCC1CCC2(C)C3=C(CCC12C)C1(C)CCC(C)C(C)(C)C1CC3. The fourth-order valence-electron chi connectivity index (χ4n) is 9.20. The Morgan fingerprint density at radius 1 is 0.900 bits per heavy atom. The molecule has 2 fully saturated rings. The Morgan fingerprint density at radius 2 is 1.63 bits per heavy atom. The lowest BCUT2D eigenvalue weighted by atomic mass is 9.42. The second-order valence-corrected chi connectivity index (χ2v) is 13.4. The molecule has 0 aromatic heterocycles. The van der Waals surface area contributed by atoms with E-state index in [-0.39, 0.29) is 0 Å². The molecule has 170 valence electrons. The van der Waals surface area contributed by atoms with E-state index in [1.54, 1.807) is 0 Å². The highest BCUT2D eigenvalue weighted by atomic mass is 14.7. The molecule has 4 aliphatic rings. The number of hydrogen-bond donors (Lipinski definition) is 0. The maximum absolute atomic E-state index is 2.71. The summed E-state index contributed by atoms with van der Waals surface area (Å²) in [6.45, 7) is 20.3. The van der Waals surface area contributed by atoms with E-state index in [1.165, 1.54) is 76.2 Å². The molecule has 30 heavy (non-hydrogen) atoms. The summed E-state index contributed by atoms with van der Waals surface area (Å²) in [7, 11) is 0. The molecule has 6 atom stereocenters. The minimum absolute atomic E-state index is 0.475. The van der Waals surface area contributed by atoms with E-state index in [9.17, 15) is 0 Å². The third-order valence-corrected chi connectivity index (χ3v) is 11.8. The van der Waals surface area contributed by atoms with Gasteiger partial charge in [0.05, 0.1) is 0 Å². The first-order valence-corrected chi connectivity index (χ1v) is 13.3. The zero-order chi connectivity index (χ0) is 21.9. The summed E-state index contributed by atoms with van der Waals surface area (Å²) in [6, 6.07) is 0.